The Kier molecular flexibility index (Phi) is 6.38. The molecule has 0 saturated heterocycles. The summed E-state index contributed by atoms with van der Waals surface area (Å²) in [5.74, 6) is -0.568. The second-order valence-electron chi connectivity index (χ2n) is 4.00. The van der Waals surface area contributed by atoms with Gasteiger partial charge in [-0.1, -0.05) is 12.1 Å². The van der Waals surface area contributed by atoms with Crippen LogP contribution in [-0.4, -0.2) is 38.1 Å². The van der Waals surface area contributed by atoms with Crippen LogP contribution in [0.15, 0.2) is 29.2 Å². The van der Waals surface area contributed by atoms with Gasteiger partial charge in [-0.05, 0) is 19.1 Å². The van der Waals surface area contributed by atoms with Crippen molar-refractivity contribution in [3.8, 4) is 0 Å². The summed E-state index contributed by atoms with van der Waals surface area (Å²) < 4.78 is 4.83. The van der Waals surface area contributed by atoms with E-state index in [-0.39, 0.29) is 11.8 Å². The van der Waals surface area contributed by atoms with Crippen LogP contribution < -0.4 is 10.6 Å². The molecule has 2 amide bonds. The van der Waals surface area contributed by atoms with Crippen LogP contribution in [0.25, 0.3) is 0 Å². The van der Waals surface area contributed by atoms with Gasteiger partial charge in [0.1, 0.15) is 6.04 Å². The summed E-state index contributed by atoms with van der Waals surface area (Å²) in [6, 6.07) is 6.31. The van der Waals surface area contributed by atoms with Gasteiger partial charge in [0.25, 0.3) is 5.91 Å². The zero-order valence-corrected chi connectivity index (χ0v) is 11.9. The van der Waals surface area contributed by atoms with Gasteiger partial charge in [-0.2, -0.15) is 0 Å². The quantitative estimate of drug-likeness (QED) is 0.535. The van der Waals surface area contributed by atoms with Crippen molar-refractivity contribution < 1.29 is 14.3 Å². The lowest BCUT2D eigenvalue weighted by Gasteiger charge is -2.14. The Morgan fingerprint density at radius 2 is 2.05 bits per heavy atom. The van der Waals surface area contributed by atoms with E-state index in [2.05, 4.69) is 23.3 Å². The molecule has 0 saturated carbocycles. The van der Waals surface area contributed by atoms with Crippen LogP contribution in [0.2, 0.25) is 0 Å². The van der Waals surface area contributed by atoms with Crippen LogP contribution in [0, 0.1) is 0 Å². The molecule has 104 valence electrons. The Balaban J connectivity index is 2.52. The molecule has 0 radical (unpaired) electrons. The number of rotatable bonds is 6. The van der Waals surface area contributed by atoms with Crippen LogP contribution in [0.1, 0.15) is 17.3 Å². The Morgan fingerprint density at radius 1 is 1.37 bits per heavy atom. The molecule has 0 spiro atoms. The smallest absolute Gasteiger partial charge is 0.253 e. The fourth-order valence-electron chi connectivity index (χ4n) is 1.43. The topological polar surface area (TPSA) is 67.4 Å². The highest BCUT2D eigenvalue weighted by atomic mass is 32.1. The van der Waals surface area contributed by atoms with Crippen molar-refractivity contribution in [3.05, 3.63) is 29.8 Å². The highest BCUT2D eigenvalue weighted by Gasteiger charge is 2.17. The maximum absolute atomic E-state index is 11.9. The normalized spacial score (nSPS) is 11.7. The monoisotopic (exact) mass is 282 g/mol. The average molecular weight is 282 g/mol. The number of nitrogens with one attached hydrogen (secondary N) is 2. The molecule has 0 heterocycles. The standard InChI is InChI=1S/C13H18N2O3S/c1-9(12(16)14-7-8-18-2)15-13(17)10-5-3-4-6-11(10)19/h3-6,9,19H,7-8H2,1-2H3,(H,14,16)(H,15,17). The Bertz CT molecular complexity index is 451. The number of benzene rings is 1. The second-order valence-corrected chi connectivity index (χ2v) is 4.48. The first-order valence-corrected chi connectivity index (χ1v) is 6.36. The van der Waals surface area contributed by atoms with E-state index in [1.54, 1.807) is 38.3 Å². The van der Waals surface area contributed by atoms with Crippen molar-refractivity contribution in [1.82, 2.24) is 10.6 Å². The summed E-state index contributed by atoms with van der Waals surface area (Å²) in [4.78, 5) is 24.2. The molecule has 1 aromatic rings. The largest absolute Gasteiger partial charge is 0.383 e. The summed E-state index contributed by atoms with van der Waals surface area (Å²) in [6.07, 6.45) is 0. The predicted molar refractivity (Wildman–Crippen MR) is 75.5 cm³/mol. The van der Waals surface area contributed by atoms with E-state index in [4.69, 9.17) is 4.74 Å². The molecule has 5 nitrogen and oxygen atoms in total. The summed E-state index contributed by atoms with van der Waals surface area (Å²) >= 11 is 4.20. The van der Waals surface area contributed by atoms with Gasteiger partial charge in [0.05, 0.1) is 12.2 Å². The van der Waals surface area contributed by atoms with Gasteiger partial charge >= 0.3 is 0 Å². The van der Waals surface area contributed by atoms with Crippen LogP contribution >= 0.6 is 12.6 Å². The van der Waals surface area contributed by atoms with E-state index in [0.29, 0.717) is 23.6 Å². The van der Waals surface area contributed by atoms with Crippen molar-refractivity contribution in [3.63, 3.8) is 0 Å². The van der Waals surface area contributed by atoms with Gasteiger partial charge < -0.3 is 15.4 Å². The fourth-order valence-corrected chi connectivity index (χ4v) is 1.70. The minimum Gasteiger partial charge on any atom is -0.383 e. The molecule has 0 aliphatic rings. The van der Waals surface area contributed by atoms with Crippen LogP contribution in [0.4, 0.5) is 0 Å². The molecule has 0 aliphatic carbocycles. The predicted octanol–water partition coefficient (Wildman–Crippen LogP) is 0.856. The Hall–Kier alpha value is -1.53. The molecule has 0 aliphatic heterocycles. The number of amides is 2. The van der Waals surface area contributed by atoms with Crippen molar-refractivity contribution in [1.29, 1.82) is 0 Å². The highest BCUT2D eigenvalue weighted by molar-refractivity contribution is 7.80. The van der Waals surface area contributed by atoms with E-state index in [9.17, 15) is 9.59 Å². The van der Waals surface area contributed by atoms with Crippen LogP contribution in [0.5, 0.6) is 0 Å². The van der Waals surface area contributed by atoms with Gasteiger partial charge in [-0.25, -0.2) is 0 Å². The number of hydrogen-bond acceptors (Lipinski definition) is 4. The molecule has 1 unspecified atom stereocenters. The number of carbonyl (C=O) groups excluding carboxylic acids is 2. The van der Waals surface area contributed by atoms with Crippen molar-refractivity contribution in [2.24, 2.45) is 0 Å². The molecule has 0 bridgehead atoms. The first kappa shape index (κ1) is 15.5. The molecule has 19 heavy (non-hydrogen) atoms. The molecular formula is C13H18N2O3S. The van der Waals surface area contributed by atoms with Crippen LogP contribution in [0.3, 0.4) is 0 Å². The van der Waals surface area contributed by atoms with E-state index >= 15 is 0 Å². The first-order valence-electron chi connectivity index (χ1n) is 5.91. The van der Waals surface area contributed by atoms with Crippen molar-refractivity contribution >= 4 is 24.4 Å². The third-order valence-electron chi connectivity index (χ3n) is 2.49. The lowest BCUT2D eigenvalue weighted by Crippen LogP contribution is -2.45. The number of methoxy groups -OCH3 is 1. The summed E-state index contributed by atoms with van der Waals surface area (Å²) in [5.41, 5.74) is 0.447. The van der Waals surface area contributed by atoms with Crippen molar-refractivity contribution in [2.45, 2.75) is 17.9 Å². The molecule has 1 rings (SSSR count). The Morgan fingerprint density at radius 3 is 2.68 bits per heavy atom. The van der Waals surface area contributed by atoms with E-state index in [1.807, 2.05) is 0 Å². The molecule has 2 N–H and O–H groups in total. The SMILES string of the molecule is COCCNC(=O)C(C)NC(=O)c1ccccc1S. The van der Waals surface area contributed by atoms with Crippen LogP contribution in [-0.2, 0) is 9.53 Å². The van der Waals surface area contributed by atoms with E-state index < -0.39 is 6.04 Å². The minimum atomic E-state index is -0.614. The second kappa shape index (κ2) is 7.81. The third kappa shape index (κ3) is 4.92. The maximum Gasteiger partial charge on any atom is 0.253 e. The minimum absolute atomic E-state index is 0.248. The molecule has 0 fully saturated rings. The van der Waals surface area contributed by atoms with E-state index in [1.165, 1.54) is 0 Å². The average Bonchev–Trinajstić information content (AvgIpc) is 2.39. The summed E-state index contributed by atoms with van der Waals surface area (Å²) in [7, 11) is 1.56. The lowest BCUT2D eigenvalue weighted by atomic mass is 10.2. The number of hydrogen-bond donors (Lipinski definition) is 3. The maximum atomic E-state index is 11.9. The van der Waals surface area contributed by atoms with Gasteiger partial charge in [-0.15, -0.1) is 12.6 Å². The van der Waals surface area contributed by atoms with Gasteiger partial charge in [0, 0.05) is 18.6 Å². The van der Waals surface area contributed by atoms with Crippen molar-refractivity contribution in [2.75, 3.05) is 20.3 Å². The summed E-state index contributed by atoms with van der Waals surface area (Å²) in [5, 5.41) is 5.28. The van der Waals surface area contributed by atoms with Gasteiger partial charge in [0.15, 0.2) is 0 Å². The molecule has 0 aromatic heterocycles. The zero-order valence-electron chi connectivity index (χ0n) is 11.0. The highest BCUT2D eigenvalue weighted by Crippen LogP contribution is 2.12. The Labute approximate surface area is 118 Å². The van der Waals surface area contributed by atoms with E-state index in [0.717, 1.165) is 0 Å². The first-order chi connectivity index (χ1) is 9.06. The third-order valence-corrected chi connectivity index (χ3v) is 2.88. The molecule has 6 heteroatoms. The number of ether oxygens (including phenoxy) is 1. The van der Waals surface area contributed by atoms with Gasteiger partial charge in [0.2, 0.25) is 5.91 Å². The van der Waals surface area contributed by atoms with Gasteiger partial charge in [-0.3, -0.25) is 9.59 Å². The molecule has 1 aromatic carbocycles. The lowest BCUT2D eigenvalue weighted by molar-refractivity contribution is -0.122. The summed E-state index contributed by atoms with van der Waals surface area (Å²) in [6.45, 7) is 2.48. The number of thiol groups is 1. The zero-order chi connectivity index (χ0) is 14.3. The fraction of sp³-hybridized carbons (Fsp3) is 0.385. The molecular weight excluding hydrogens is 264 g/mol. The molecule has 1 atom stereocenters. The number of carbonyl (C=O) groups is 2.